The minimum atomic E-state index is 0.00110. The van der Waals surface area contributed by atoms with E-state index in [0.717, 1.165) is 72.4 Å². The van der Waals surface area contributed by atoms with Crippen LogP contribution in [0.5, 0.6) is 5.75 Å². The number of benzene rings is 2. The van der Waals surface area contributed by atoms with Gasteiger partial charge in [0, 0.05) is 31.3 Å². The third-order valence-corrected chi connectivity index (χ3v) is 5.82. The van der Waals surface area contributed by atoms with Crippen molar-refractivity contribution in [1.82, 2.24) is 20.4 Å². The maximum absolute atomic E-state index is 12.0. The molecule has 0 radical (unpaired) electrons. The SMILES string of the molecule is O=C(NCCOc1ccc(C2=NN=C(Cc3ccc4[nH]ncc4c3)C2)cc1)N1CCCC1. The summed E-state index contributed by atoms with van der Waals surface area (Å²) < 4.78 is 5.76. The molecule has 3 heterocycles. The number of hydrogen-bond acceptors (Lipinski definition) is 5. The van der Waals surface area contributed by atoms with Gasteiger partial charge >= 0.3 is 6.03 Å². The fourth-order valence-electron chi connectivity index (χ4n) is 4.09. The molecule has 0 spiro atoms. The second-order valence-corrected chi connectivity index (χ2v) is 8.16. The van der Waals surface area contributed by atoms with Crippen LogP contribution >= 0.6 is 0 Å². The lowest BCUT2D eigenvalue weighted by molar-refractivity contribution is 0.205. The van der Waals surface area contributed by atoms with Crippen molar-refractivity contribution in [3.63, 3.8) is 0 Å². The molecule has 2 aliphatic heterocycles. The third-order valence-electron chi connectivity index (χ3n) is 5.82. The van der Waals surface area contributed by atoms with Crippen LogP contribution in [0.25, 0.3) is 10.9 Å². The molecule has 5 rings (SSSR count). The van der Waals surface area contributed by atoms with E-state index in [-0.39, 0.29) is 6.03 Å². The van der Waals surface area contributed by atoms with E-state index in [9.17, 15) is 4.79 Å². The Morgan fingerprint density at radius 1 is 1.09 bits per heavy atom. The Balaban J connectivity index is 1.08. The molecule has 2 N–H and O–H groups in total. The zero-order chi connectivity index (χ0) is 21.8. The predicted molar refractivity (Wildman–Crippen MR) is 125 cm³/mol. The quantitative estimate of drug-likeness (QED) is 0.561. The van der Waals surface area contributed by atoms with Crippen LogP contribution < -0.4 is 10.1 Å². The highest BCUT2D eigenvalue weighted by molar-refractivity contribution is 6.15. The number of carbonyl (C=O) groups excluding carboxylic acids is 1. The molecule has 1 fully saturated rings. The molecule has 1 saturated heterocycles. The molecule has 32 heavy (non-hydrogen) atoms. The fraction of sp³-hybridized carbons (Fsp3) is 0.333. The second-order valence-electron chi connectivity index (χ2n) is 8.16. The van der Waals surface area contributed by atoms with E-state index in [4.69, 9.17) is 4.74 Å². The van der Waals surface area contributed by atoms with E-state index in [1.807, 2.05) is 41.4 Å². The van der Waals surface area contributed by atoms with Gasteiger partial charge in [0.25, 0.3) is 0 Å². The van der Waals surface area contributed by atoms with Gasteiger partial charge in [0.2, 0.25) is 0 Å². The molecule has 2 aliphatic rings. The van der Waals surface area contributed by atoms with E-state index in [1.54, 1.807) is 0 Å². The van der Waals surface area contributed by atoms with Gasteiger partial charge in [-0.05, 0) is 60.4 Å². The lowest BCUT2D eigenvalue weighted by Gasteiger charge is -2.16. The highest BCUT2D eigenvalue weighted by Gasteiger charge is 2.17. The van der Waals surface area contributed by atoms with Crippen LogP contribution in [0.4, 0.5) is 4.79 Å². The Labute approximate surface area is 186 Å². The molecule has 0 bridgehead atoms. The predicted octanol–water partition coefficient (Wildman–Crippen LogP) is 3.54. The normalized spacial score (nSPS) is 15.7. The van der Waals surface area contributed by atoms with Crippen LogP contribution in [0, 0.1) is 0 Å². The first-order chi connectivity index (χ1) is 15.7. The standard InChI is InChI=1S/C24H26N6O2/c31-24(30-10-1-2-11-30)25-9-12-32-21-6-4-18(5-7-21)23-15-20(27-29-23)14-17-3-8-22-19(13-17)16-26-28-22/h3-8,13,16H,1-2,9-12,14-15H2,(H,25,31)(H,26,28). The van der Waals surface area contributed by atoms with Crippen LogP contribution in [0.2, 0.25) is 0 Å². The number of nitrogens with one attached hydrogen (secondary N) is 2. The van der Waals surface area contributed by atoms with E-state index in [2.05, 4.69) is 37.8 Å². The molecule has 0 atom stereocenters. The van der Waals surface area contributed by atoms with Gasteiger partial charge in [-0.3, -0.25) is 5.10 Å². The van der Waals surface area contributed by atoms with Gasteiger partial charge in [0.05, 0.1) is 29.7 Å². The third kappa shape index (κ3) is 4.64. The average molecular weight is 431 g/mol. The molecule has 0 saturated carbocycles. The monoisotopic (exact) mass is 430 g/mol. The van der Waals surface area contributed by atoms with Gasteiger partial charge in [-0.1, -0.05) is 6.07 Å². The van der Waals surface area contributed by atoms with Gasteiger partial charge < -0.3 is 15.0 Å². The Kier molecular flexibility index (Phi) is 5.83. The van der Waals surface area contributed by atoms with E-state index in [0.29, 0.717) is 13.2 Å². The molecular weight excluding hydrogens is 404 g/mol. The summed E-state index contributed by atoms with van der Waals surface area (Å²) in [4.78, 5) is 13.8. The van der Waals surface area contributed by atoms with Crippen molar-refractivity contribution in [3.8, 4) is 5.75 Å². The van der Waals surface area contributed by atoms with Gasteiger partial charge in [-0.25, -0.2) is 4.79 Å². The Morgan fingerprint density at radius 2 is 1.94 bits per heavy atom. The molecule has 3 aromatic rings. The number of aromatic nitrogens is 2. The summed E-state index contributed by atoms with van der Waals surface area (Å²) in [5.41, 5.74) is 5.31. The molecular formula is C24H26N6O2. The van der Waals surface area contributed by atoms with Gasteiger partial charge in [0.15, 0.2) is 0 Å². The maximum atomic E-state index is 12.0. The van der Waals surface area contributed by atoms with Crippen LogP contribution in [0.3, 0.4) is 0 Å². The summed E-state index contributed by atoms with van der Waals surface area (Å²) in [5, 5.41) is 19.8. The number of hydrogen-bond donors (Lipinski definition) is 2. The number of fused-ring (bicyclic) bond motifs is 1. The molecule has 2 amide bonds. The first-order valence-electron chi connectivity index (χ1n) is 11.0. The maximum Gasteiger partial charge on any atom is 0.317 e. The largest absolute Gasteiger partial charge is 0.492 e. The molecule has 2 aromatic carbocycles. The number of urea groups is 1. The first-order valence-corrected chi connectivity index (χ1v) is 11.0. The average Bonchev–Trinajstić information content (AvgIpc) is 3.59. The zero-order valence-corrected chi connectivity index (χ0v) is 17.9. The van der Waals surface area contributed by atoms with Crippen molar-refractivity contribution in [2.24, 2.45) is 10.2 Å². The molecule has 164 valence electrons. The van der Waals surface area contributed by atoms with Crippen molar-refractivity contribution < 1.29 is 9.53 Å². The zero-order valence-electron chi connectivity index (χ0n) is 17.9. The summed E-state index contributed by atoms with van der Waals surface area (Å²) in [6.45, 7) is 2.63. The molecule has 0 unspecified atom stereocenters. The number of carbonyl (C=O) groups is 1. The highest BCUT2D eigenvalue weighted by Crippen LogP contribution is 2.20. The van der Waals surface area contributed by atoms with Crippen molar-refractivity contribution in [3.05, 3.63) is 59.8 Å². The van der Waals surface area contributed by atoms with Gasteiger partial charge in [-0.15, -0.1) is 0 Å². The molecule has 8 nitrogen and oxygen atoms in total. The number of nitrogens with zero attached hydrogens (tertiary/aromatic N) is 4. The summed E-state index contributed by atoms with van der Waals surface area (Å²) in [7, 11) is 0. The summed E-state index contributed by atoms with van der Waals surface area (Å²) in [6, 6.07) is 14.2. The summed E-state index contributed by atoms with van der Waals surface area (Å²) >= 11 is 0. The number of likely N-dealkylation sites (tertiary alicyclic amines) is 1. The number of H-pyrrole nitrogens is 1. The van der Waals surface area contributed by atoms with Crippen LogP contribution in [-0.4, -0.2) is 58.8 Å². The van der Waals surface area contributed by atoms with E-state index in [1.165, 1.54) is 5.56 Å². The van der Waals surface area contributed by atoms with Gasteiger partial charge in [-0.2, -0.15) is 15.3 Å². The van der Waals surface area contributed by atoms with E-state index >= 15 is 0 Å². The number of aromatic amines is 1. The van der Waals surface area contributed by atoms with Crippen molar-refractivity contribution >= 4 is 28.4 Å². The minimum Gasteiger partial charge on any atom is -0.492 e. The van der Waals surface area contributed by atoms with Crippen molar-refractivity contribution in [2.75, 3.05) is 26.2 Å². The fourth-order valence-corrected chi connectivity index (χ4v) is 4.09. The van der Waals surface area contributed by atoms with Crippen molar-refractivity contribution in [1.29, 1.82) is 0 Å². The smallest absolute Gasteiger partial charge is 0.317 e. The number of amides is 2. The Hall–Kier alpha value is -3.68. The molecule has 0 aliphatic carbocycles. The summed E-state index contributed by atoms with van der Waals surface area (Å²) in [5.74, 6) is 0.775. The molecule has 8 heteroatoms. The van der Waals surface area contributed by atoms with Crippen LogP contribution in [0.15, 0.2) is 58.9 Å². The van der Waals surface area contributed by atoms with Crippen LogP contribution in [0.1, 0.15) is 30.4 Å². The first kappa shape index (κ1) is 20.2. The number of rotatable bonds is 7. The minimum absolute atomic E-state index is 0.00110. The topological polar surface area (TPSA) is 95.0 Å². The molecule has 1 aromatic heterocycles. The number of ether oxygens (including phenoxy) is 1. The lowest BCUT2D eigenvalue weighted by atomic mass is 10.0. The lowest BCUT2D eigenvalue weighted by Crippen LogP contribution is -2.39. The Morgan fingerprint density at radius 3 is 2.78 bits per heavy atom. The summed E-state index contributed by atoms with van der Waals surface area (Å²) in [6.07, 6.45) is 5.54. The van der Waals surface area contributed by atoms with Crippen LogP contribution in [-0.2, 0) is 6.42 Å². The highest BCUT2D eigenvalue weighted by atomic mass is 16.5. The Bertz CT molecular complexity index is 1160. The van der Waals surface area contributed by atoms with Gasteiger partial charge in [0.1, 0.15) is 12.4 Å². The van der Waals surface area contributed by atoms with E-state index < -0.39 is 0 Å². The second kappa shape index (κ2) is 9.21. The van der Waals surface area contributed by atoms with Crippen molar-refractivity contribution in [2.45, 2.75) is 25.7 Å².